The predicted octanol–water partition coefficient (Wildman–Crippen LogP) is 7.25. The molecule has 0 N–H and O–H groups in total. The molecule has 0 saturated carbocycles. The number of rotatable bonds is 25. The second-order valence-electron chi connectivity index (χ2n) is 10.2. The first kappa shape index (κ1) is 34.2. The predicted molar refractivity (Wildman–Crippen MR) is 144 cm³/mol. The lowest BCUT2D eigenvalue weighted by Crippen LogP contribution is -3.00. The Hall–Kier alpha value is -0.0100. The molecule has 0 saturated heterocycles. The Labute approximate surface area is 211 Å². The summed E-state index contributed by atoms with van der Waals surface area (Å²) in [7, 11) is 0. The normalized spacial score (nSPS) is 11.9. The Balaban J connectivity index is 0. The van der Waals surface area contributed by atoms with Crippen molar-refractivity contribution >= 4 is 0 Å². The molecule has 32 heavy (non-hydrogen) atoms. The second-order valence-corrected chi connectivity index (χ2v) is 10.2. The molecule has 0 aliphatic carbocycles. The summed E-state index contributed by atoms with van der Waals surface area (Å²) in [6.45, 7) is 15.1. The van der Waals surface area contributed by atoms with Crippen molar-refractivity contribution in [3.05, 3.63) is 12.2 Å². The molecule has 0 radical (unpaired) electrons. The second kappa shape index (κ2) is 27.2. The Bertz CT molecular complexity index is 344. The van der Waals surface area contributed by atoms with Crippen LogP contribution in [0.1, 0.15) is 156 Å². The molecule has 194 valence electrons. The molecule has 1 nitrogen and oxygen atoms in total. The smallest absolute Gasteiger partial charge is 0.0786 e. The van der Waals surface area contributed by atoms with Gasteiger partial charge in [0.25, 0.3) is 0 Å². The van der Waals surface area contributed by atoms with Gasteiger partial charge < -0.3 is 16.9 Å². The summed E-state index contributed by atoms with van der Waals surface area (Å²) in [5.74, 6) is 0. The lowest BCUT2D eigenvalue weighted by molar-refractivity contribution is -0.929. The molecule has 0 aromatic rings. The molecule has 0 rings (SSSR count). The van der Waals surface area contributed by atoms with Gasteiger partial charge in [-0.2, -0.15) is 0 Å². The van der Waals surface area contributed by atoms with Crippen LogP contribution in [-0.2, 0) is 0 Å². The van der Waals surface area contributed by atoms with Gasteiger partial charge in [-0.25, -0.2) is 0 Å². The summed E-state index contributed by atoms with van der Waals surface area (Å²) in [4.78, 5) is 0. The highest BCUT2D eigenvalue weighted by molar-refractivity contribution is 4.81. The number of hydrogen-bond donors (Lipinski definition) is 0. The number of quaternary nitrogens is 1. The standard InChI is InChI=1S/C30H62N.ClH/c1-5-9-13-14-15-16-17-18-19-20-21-22-23-24-25-26-30-31(27-10-6-2,28-11-7-3)29-12-8-4;/h18-19H,5-17,20-30H2,1-4H3;1H/q+1;/p-1. The van der Waals surface area contributed by atoms with Crippen LogP contribution in [0.2, 0.25) is 0 Å². The molecule has 0 aromatic carbocycles. The van der Waals surface area contributed by atoms with E-state index in [1.54, 1.807) is 0 Å². The zero-order valence-corrected chi connectivity index (χ0v) is 23.7. The number of unbranched alkanes of at least 4 members (excludes halogenated alkanes) is 15. The lowest BCUT2D eigenvalue weighted by Gasteiger charge is -2.39. The van der Waals surface area contributed by atoms with E-state index in [1.807, 2.05) is 0 Å². The maximum absolute atomic E-state index is 2.45. The number of nitrogens with zero attached hydrogens (tertiary/aromatic N) is 1. The fourth-order valence-corrected chi connectivity index (χ4v) is 4.85. The van der Waals surface area contributed by atoms with Gasteiger partial charge in [0.2, 0.25) is 0 Å². The summed E-state index contributed by atoms with van der Waals surface area (Å²) in [6, 6.07) is 0. The molecule has 0 aliphatic heterocycles. The van der Waals surface area contributed by atoms with Gasteiger partial charge in [-0.15, -0.1) is 0 Å². The Morgan fingerprint density at radius 1 is 0.375 bits per heavy atom. The van der Waals surface area contributed by atoms with E-state index in [0.29, 0.717) is 0 Å². The maximum Gasteiger partial charge on any atom is 0.0786 e. The molecule has 0 aliphatic rings. The van der Waals surface area contributed by atoms with Gasteiger partial charge in [0.05, 0.1) is 26.2 Å². The molecule has 0 heterocycles. The van der Waals surface area contributed by atoms with E-state index < -0.39 is 0 Å². The minimum absolute atomic E-state index is 0. The fraction of sp³-hybridized carbons (Fsp3) is 0.933. The minimum Gasteiger partial charge on any atom is -1.00 e. The molecule has 0 atom stereocenters. The van der Waals surface area contributed by atoms with Crippen molar-refractivity contribution < 1.29 is 16.9 Å². The van der Waals surface area contributed by atoms with Crippen LogP contribution in [0.3, 0.4) is 0 Å². The highest BCUT2D eigenvalue weighted by atomic mass is 35.5. The van der Waals surface area contributed by atoms with E-state index >= 15 is 0 Å². The first-order valence-electron chi connectivity index (χ1n) is 14.7. The van der Waals surface area contributed by atoms with Crippen molar-refractivity contribution in [2.24, 2.45) is 0 Å². The molecule has 0 unspecified atom stereocenters. The van der Waals surface area contributed by atoms with E-state index in [9.17, 15) is 0 Å². The van der Waals surface area contributed by atoms with Crippen molar-refractivity contribution in [2.75, 3.05) is 26.2 Å². The van der Waals surface area contributed by atoms with Gasteiger partial charge in [0.15, 0.2) is 0 Å². The van der Waals surface area contributed by atoms with E-state index in [1.165, 1.54) is 159 Å². The van der Waals surface area contributed by atoms with Crippen molar-refractivity contribution in [1.82, 2.24) is 0 Å². The zero-order chi connectivity index (χ0) is 22.9. The topological polar surface area (TPSA) is 0 Å². The van der Waals surface area contributed by atoms with Crippen LogP contribution < -0.4 is 12.4 Å². The third kappa shape index (κ3) is 21.8. The fourth-order valence-electron chi connectivity index (χ4n) is 4.85. The Kier molecular flexibility index (Phi) is 29.1. The van der Waals surface area contributed by atoms with Crippen molar-refractivity contribution in [3.63, 3.8) is 0 Å². The van der Waals surface area contributed by atoms with Crippen LogP contribution in [0.25, 0.3) is 0 Å². The Morgan fingerprint density at radius 2 is 0.688 bits per heavy atom. The molecular weight excluding hydrogens is 410 g/mol. The molecule has 0 aromatic heterocycles. The lowest BCUT2D eigenvalue weighted by atomic mass is 10.1. The molecular formula is C30H62ClN. The van der Waals surface area contributed by atoms with E-state index in [0.717, 1.165) is 0 Å². The van der Waals surface area contributed by atoms with Crippen molar-refractivity contribution in [3.8, 4) is 0 Å². The summed E-state index contributed by atoms with van der Waals surface area (Å²) < 4.78 is 1.43. The van der Waals surface area contributed by atoms with Gasteiger partial charge in [0.1, 0.15) is 0 Å². The first-order chi connectivity index (χ1) is 15.2. The van der Waals surface area contributed by atoms with Crippen LogP contribution in [0.15, 0.2) is 12.2 Å². The first-order valence-corrected chi connectivity index (χ1v) is 14.7. The van der Waals surface area contributed by atoms with Gasteiger partial charge in [-0.1, -0.05) is 110 Å². The summed E-state index contributed by atoms with van der Waals surface area (Å²) in [5, 5.41) is 0. The molecule has 0 fully saturated rings. The molecule has 2 heteroatoms. The quantitative estimate of drug-likeness (QED) is 0.0747. The van der Waals surface area contributed by atoms with Crippen LogP contribution in [-0.4, -0.2) is 30.7 Å². The summed E-state index contributed by atoms with van der Waals surface area (Å²) in [5.41, 5.74) is 0. The average molecular weight is 472 g/mol. The van der Waals surface area contributed by atoms with Crippen LogP contribution in [0.4, 0.5) is 0 Å². The molecule has 0 spiro atoms. The van der Waals surface area contributed by atoms with Crippen LogP contribution >= 0.6 is 0 Å². The van der Waals surface area contributed by atoms with E-state index in [4.69, 9.17) is 0 Å². The number of halogens is 1. The average Bonchev–Trinajstić information content (AvgIpc) is 2.79. The third-order valence-electron chi connectivity index (χ3n) is 7.10. The zero-order valence-electron chi connectivity index (χ0n) is 23.0. The largest absolute Gasteiger partial charge is 1.00 e. The van der Waals surface area contributed by atoms with Crippen LogP contribution in [0, 0.1) is 0 Å². The number of hydrogen-bond acceptors (Lipinski definition) is 0. The third-order valence-corrected chi connectivity index (χ3v) is 7.10. The minimum atomic E-state index is 0. The highest BCUT2D eigenvalue weighted by Gasteiger charge is 2.24. The monoisotopic (exact) mass is 471 g/mol. The Morgan fingerprint density at radius 3 is 1.09 bits per heavy atom. The van der Waals surface area contributed by atoms with E-state index in [-0.39, 0.29) is 12.4 Å². The van der Waals surface area contributed by atoms with Crippen LogP contribution in [0.5, 0.6) is 0 Å². The SMILES string of the molecule is CCCCCCCCC=CCCCCCCCC[N+](CCCC)(CCCC)CCCC.[Cl-]. The van der Waals surface area contributed by atoms with Gasteiger partial charge >= 0.3 is 0 Å². The van der Waals surface area contributed by atoms with Gasteiger partial charge in [-0.05, 0) is 57.8 Å². The van der Waals surface area contributed by atoms with Gasteiger partial charge in [0, 0.05) is 0 Å². The highest BCUT2D eigenvalue weighted by Crippen LogP contribution is 2.18. The summed E-state index contributed by atoms with van der Waals surface area (Å²) >= 11 is 0. The maximum atomic E-state index is 2.45. The van der Waals surface area contributed by atoms with Crippen molar-refractivity contribution in [2.45, 2.75) is 156 Å². The molecule has 0 bridgehead atoms. The van der Waals surface area contributed by atoms with E-state index in [2.05, 4.69) is 39.8 Å². The molecule has 0 amide bonds. The summed E-state index contributed by atoms with van der Waals surface area (Å²) in [6.07, 6.45) is 33.0. The number of allylic oxidation sites excluding steroid dienone is 2. The van der Waals surface area contributed by atoms with Crippen molar-refractivity contribution in [1.29, 1.82) is 0 Å². The van der Waals surface area contributed by atoms with Gasteiger partial charge in [-0.3, -0.25) is 0 Å².